The first-order chi connectivity index (χ1) is 12.0. The Morgan fingerprint density at radius 2 is 1.73 bits per heavy atom. The molecule has 0 bridgehead atoms. The third-order valence-corrected chi connectivity index (χ3v) is 5.09. The fourth-order valence-electron chi connectivity index (χ4n) is 3.56. The van der Waals surface area contributed by atoms with Gasteiger partial charge in [-0.25, -0.2) is 18.5 Å². The van der Waals surface area contributed by atoms with Crippen molar-refractivity contribution in [1.29, 1.82) is 0 Å². The number of nitrogens with zero attached hydrogens (tertiary/aromatic N) is 1. The van der Waals surface area contributed by atoms with E-state index in [1.54, 1.807) is 20.8 Å². The van der Waals surface area contributed by atoms with E-state index in [0.717, 1.165) is 11.0 Å². The molecule has 26 heavy (non-hydrogen) atoms. The van der Waals surface area contributed by atoms with Gasteiger partial charge in [-0.15, -0.1) is 0 Å². The molecule has 1 atom stereocenters. The molecule has 2 amide bonds. The molecule has 6 heteroatoms. The first-order valence-electron chi connectivity index (χ1n) is 9.05. The van der Waals surface area contributed by atoms with Crippen LogP contribution < -0.4 is 0 Å². The smallest absolute Gasteiger partial charge is 0.417 e. The van der Waals surface area contributed by atoms with Crippen molar-refractivity contribution in [3.63, 3.8) is 0 Å². The van der Waals surface area contributed by atoms with Crippen molar-refractivity contribution < 1.29 is 23.1 Å². The lowest BCUT2D eigenvalue weighted by molar-refractivity contribution is -0.149. The number of likely N-dealkylation sites (tertiary alicyclic amines) is 1. The minimum Gasteiger partial charge on any atom is -0.443 e. The van der Waals surface area contributed by atoms with Crippen LogP contribution in [0.25, 0.3) is 0 Å². The Kier molecular flexibility index (Phi) is 5.73. The molecule has 0 saturated carbocycles. The molecule has 1 aromatic rings. The number of hydrogen-bond acceptors (Lipinski definition) is 3. The summed E-state index contributed by atoms with van der Waals surface area (Å²) in [4.78, 5) is 27.1. The van der Waals surface area contributed by atoms with Gasteiger partial charge in [0.05, 0.1) is 6.04 Å². The molecule has 1 saturated heterocycles. The molecule has 1 fully saturated rings. The summed E-state index contributed by atoms with van der Waals surface area (Å²) < 4.78 is 32.8. The highest BCUT2D eigenvalue weighted by Crippen LogP contribution is 2.45. The Bertz CT molecular complexity index is 673. The topological polar surface area (TPSA) is 46.6 Å². The molecule has 0 aliphatic carbocycles. The second-order valence-electron chi connectivity index (χ2n) is 7.90. The summed E-state index contributed by atoms with van der Waals surface area (Å²) in [6.45, 7) is 8.96. The van der Waals surface area contributed by atoms with Crippen molar-refractivity contribution in [1.82, 2.24) is 4.90 Å². The van der Waals surface area contributed by atoms with Crippen LogP contribution >= 0.6 is 0 Å². The van der Waals surface area contributed by atoms with E-state index in [2.05, 4.69) is 0 Å². The maximum absolute atomic E-state index is 13.7. The molecule has 144 valence electrons. The van der Waals surface area contributed by atoms with Crippen molar-refractivity contribution in [2.24, 2.45) is 5.41 Å². The average molecular weight is 367 g/mol. The van der Waals surface area contributed by atoms with Gasteiger partial charge in [-0.05, 0) is 64.2 Å². The summed E-state index contributed by atoms with van der Waals surface area (Å²) in [7, 11) is 0. The Hall–Kier alpha value is -1.98. The summed E-state index contributed by atoms with van der Waals surface area (Å²) in [6.07, 6.45) is 1.40. The minimum atomic E-state index is -0.784. The molecule has 0 unspecified atom stereocenters. The lowest BCUT2D eigenvalue weighted by atomic mass is 9.72. The zero-order valence-electron chi connectivity index (χ0n) is 16.1. The van der Waals surface area contributed by atoms with Crippen LogP contribution in [-0.4, -0.2) is 22.5 Å². The van der Waals surface area contributed by atoms with Gasteiger partial charge in [-0.1, -0.05) is 13.8 Å². The van der Waals surface area contributed by atoms with Crippen LogP contribution in [0.15, 0.2) is 18.2 Å². The molecule has 1 heterocycles. The van der Waals surface area contributed by atoms with Crippen LogP contribution in [-0.2, 0) is 9.53 Å². The fourth-order valence-corrected chi connectivity index (χ4v) is 3.56. The average Bonchev–Trinajstić information content (AvgIpc) is 2.52. The number of carbonyl (C=O) groups excluding carboxylic acids is 2. The highest BCUT2D eigenvalue weighted by atomic mass is 19.1. The number of imide groups is 1. The zero-order valence-corrected chi connectivity index (χ0v) is 16.1. The van der Waals surface area contributed by atoms with E-state index in [4.69, 9.17) is 4.74 Å². The van der Waals surface area contributed by atoms with E-state index in [1.165, 1.54) is 12.1 Å². The van der Waals surface area contributed by atoms with E-state index in [1.807, 2.05) is 13.8 Å². The molecule has 1 aromatic carbocycles. The highest BCUT2D eigenvalue weighted by Gasteiger charge is 2.49. The molecule has 0 radical (unpaired) electrons. The Morgan fingerprint density at radius 1 is 1.19 bits per heavy atom. The van der Waals surface area contributed by atoms with E-state index in [-0.39, 0.29) is 11.5 Å². The zero-order chi connectivity index (χ0) is 19.7. The van der Waals surface area contributed by atoms with Gasteiger partial charge >= 0.3 is 6.09 Å². The van der Waals surface area contributed by atoms with Crippen molar-refractivity contribution in [2.45, 2.75) is 71.9 Å². The Labute approximate surface area is 153 Å². The number of ether oxygens (including phenoxy) is 1. The maximum atomic E-state index is 13.7. The predicted octanol–water partition coefficient (Wildman–Crippen LogP) is 5.37. The molecule has 0 N–H and O–H groups in total. The summed E-state index contributed by atoms with van der Waals surface area (Å²) in [5, 5.41) is 0. The van der Waals surface area contributed by atoms with E-state index in [0.29, 0.717) is 25.7 Å². The van der Waals surface area contributed by atoms with Gasteiger partial charge in [0, 0.05) is 11.5 Å². The third kappa shape index (κ3) is 4.05. The van der Waals surface area contributed by atoms with Gasteiger partial charge < -0.3 is 4.74 Å². The summed E-state index contributed by atoms with van der Waals surface area (Å²) in [5.74, 6) is -1.81. The minimum absolute atomic E-state index is 0.266. The quantitative estimate of drug-likeness (QED) is 0.721. The number of halogens is 2. The van der Waals surface area contributed by atoms with Crippen LogP contribution in [0.5, 0.6) is 0 Å². The van der Waals surface area contributed by atoms with Gasteiger partial charge in [-0.2, -0.15) is 0 Å². The molecule has 1 aliphatic heterocycles. The van der Waals surface area contributed by atoms with E-state index < -0.39 is 34.8 Å². The van der Waals surface area contributed by atoms with Gasteiger partial charge in [0.15, 0.2) is 0 Å². The van der Waals surface area contributed by atoms with Crippen LogP contribution in [0.2, 0.25) is 0 Å². The predicted molar refractivity (Wildman–Crippen MR) is 94.4 cm³/mol. The first-order valence-corrected chi connectivity index (χ1v) is 9.05. The van der Waals surface area contributed by atoms with Gasteiger partial charge in [0.25, 0.3) is 0 Å². The van der Waals surface area contributed by atoms with E-state index in [9.17, 15) is 18.4 Å². The number of hydrogen-bond donors (Lipinski definition) is 0. The number of amides is 2. The largest absolute Gasteiger partial charge is 0.443 e. The SMILES string of the molecule is CCC1(CC)CC[C@@H](c2cc(F)cc(F)c2)N(C(=O)OC(C)(C)C)C1=O. The normalized spacial score (nSPS) is 20.2. The molecule has 4 nitrogen and oxygen atoms in total. The molecule has 0 spiro atoms. The van der Waals surface area contributed by atoms with Crippen LogP contribution in [0.3, 0.4) is 0 Å². The van der Waals surface area contributed by atoms with Gasteiger partial charge in [0.2, 0.25) is 5.91 Å². The molecule has 0 aromatic heterocycles. The molecule has 1 aliphatic rings. The summed E-state index contributed by atoms with van der Waals surface area (Å²) in [6, 6.07) is 2.37. The monoisotopic (exact) mass is 367 g/mol. The number of rotatable bonds is 3. The third-order valence-electron chi connectivity index (χ3n) is 5.09. The first kappa shape index (κ1) is 20.3. The van der Waals surface area contributed by atoms with Crippen molar-refractivity contribution in [3.8, 4) is 0 Å². The molecular formula is C20H27F2NO3. The second kappa shape index (κ2) is 7.33. The number of carbonyl (C=O) groups is 2. The van der Waals surface area contributed by atoms with Gasteiger partial charge in [0.1, 0.15) is 17.2 Å². The number of benzene rings is 1. The maximum Gasteiger partial charge on any atom is 0.417 e. The van der Waals surface area contributed by atoms with Crippen molar-refractivity contribution in [3.05, 3.63) is 35.4 Å². The molecule has 2 rings (SSSR count). The van der Waals surface area contributed by atoms with Crippen molar-refractivity contribution in [2.75, 3.05) is 0 Å². The Morgan fingerprint density at radius 3 is 2.19 bits per heavy atom. The highest BCUT2D eigenvalue weighted by molar-refractivity contribution is 5.96. The summed E-state index contributed by atoms with van der Waals surface area (Å²) >= 11 is 0. The fraction of sp³-hybridized carbons (Fsp3) is 0.600. The van der Waals surface area contributed by atoms with Crippen LogP contribution in [0, 0.1) is 17.0 Å². The molecular weight excluding hydrogens is 340 g/mol. The van der Waals surface area contributed by atoms with Gasteiger partial charge in [-0.3, -0.25) is 4.79 Å². The standard InChI is InChI=1S/C20H27F2NO3/c1-6-20(7-2)9-8-16(13-10-14(21)12-15(22)11-13)23(17(20)24)18(25)26-19(3,4)5/h10-12,16H,6-9H2,1-5H3/t16-/m0/s1. The second-order valence-corrected chi connectivity index (χ2v) is 7.90. The lowest BCUT2D eigenvalue weighted by Gasteiger charge is -2.44. The number of piperidine rings is 1. The lowest BCUT2D eigenvalue weighted by Crippen LogP contribution is -2.53. The Balaban J connectivity index is 2.49. The summed E-state index contributed by atoms with van der Waals surface area (Å²) in [5.41, 5.74) is -1.17. The van der Waals surface area contributed by atoms with E-state index >= 15 is 0 Å². The van der Waals surface area contributed by atoms with Crippen molar-refractivity contribution >= 4 is 12.0 Å². The van der Waals surface area contributed by atoms with Crippen LogP contribution in [0.1, 0.15) is 71.9 Å². The van der Waals surface area contributed by atoms with Crippen LogP contribution in [0.4, 0.5) is 13.6 Å².